The SMILES string of the molecule is COCCC(C)(C)CNc1cc(C)ccc1N. The highest BCUT2D eigenvalue weighted by Gasteiger charge is 2.17. The Labute approximate surface area is 104 Å². The predicted octanol–water partition coefficient (Wildman–Crippen LogP) is 3.05. The van der Waals surface area contributed by atoms with Crippen molar-refractivity contribution in [3.8, 4) is 0 Å². The topological polar surface area (TPSA) is 47.3 Å². The summed E-state index contributed by atoms with van der Waals surface area (Å²) in [6.45, 7) is 8.21. The minimum absolute atomic E-state index is 0.201. The third-order valence-corrected chi connectivity index (χ3v) is 2.95. The summed E-state index contributed by atoms with van der Waals surface area (Å²) in [7, 11) is 1.74. The van der Waals surface area contributed by atoms with Crippen molar-refractivity contribution in [2.24, 2.45) is 5.41 Å². The molecule has 0 radical (unpaired) electrons. The number of hydrogen-bond acceptors (Lipinski definition) is 3. The summed E-state index contributed by atoms with van der Waals surface area (Å²) in [4.78, 5) is 0. The number of hydrogen-bond donors (Lipinski definition) is 2. The Kier molecular flexibility index (Phi) is 4.82. The number of nitrogens with one attached hydrogen (secondary N) is 1. The molecule has 0 bridgehead atoms. The molecule has 0 spiro atoms. The first-order valence-corrected chi connectivity index (χ1v) is 6.03. The van der Waals surface area contributed by atoms with Crippen LogP contribution < -0.4 is 11.1 Å². The smallest absolute Gasteiger partial charge is 0.0576 e. The van der Waals surface area contributed by atoms with Crippen LogP contribution in [0.25, 0.3) is 0 Å². The van der Waals surface area contributed by atoms with Crippen molar-refractivity contribution in [2.45, 2.75) is 27.2 Å². The minimum atomic E-state index is 0.201. The molecule has 0 aliphatic rings. The number of methoxy groups -OCH3 is 1. The van der Waals surface area contributed by atoms with Crippen LogP contribution in [-0.2, 0) is 4.74 Å². The van der Waals surface area contributed by atoms with Gasteiger partial charge in [0.15, 0.2) is 0 Å². The van der Waals surface area contributed by atoms with Gasteiger partial charge in [0.25, 0.3) is 0 Å². The number of aryl methyl sites for hydroxylation is 1. The number of benzene rings is 1. The summed E-state index contributed by atoms with van der Waals surface area (Å²) >= 11 is 0. The van der Waals surface area contributed by atoms with Crippen LogP contribution in [0.15, 0.2) is 18.2 Å². The normalized spacial score (nSPS) is 11.5. The second kappa shape index (κ2) is 5.92. The molecule has 0 amide bonds. The van der Waals surface area contributed by atoms with Crippen LogP contribution in [0, 0.1) is 12.3 Å². The fraction of sp³-hybridized carbons (Fsp3) is 0.571. The number of nitrogen functional groups attached to an aromatic ring is 1. The monoisotopic (exact) mass is 236 g/mol. The molecule has 3 heteroatoms. The Bertz CT molecular complexity index is 361. The molecule has 3 N–H and O–H groups in total. The van der Waals surface area contributed by atoms with Gasteiger partial charge in [-0.15, -0.1) is 0 Å². The molecule has 1 rings (SSSR count). The lowest BCUT2D eigenvalue weighted by molar-refractivity contribution is 0.157. The molecule has 0 aliphatic carbocycles. The van der Waals surface area contributed by atoms with Crippen LogP contribution in [0.4, 0.5) is 11.4 Å². The standard InChI is InChI=1S/C14H24N2O/c1-11-5-6-12(15)13(9-11)16-10-14(2,3)7-8-17-4/h5-6,9,16H,7-8,10,15H2,1-4H3. The van der Waals surface area contributed by atoms with Crippen molar-refractivity contribution in [2.75, 3.05) is 31.3 Å². The van der Waals surface area contributed by atoms with E-state index in [2.05, 4.69) is 32.2 Å². The Morgan fingerprint density at radius 3 is 2.71 bits per heavy atom. The van der Waals surface area contributed by atoms with E-state index < -0.39 is 0 Å². The molecule has 0 saturated heterocycles. The molecule has 0 aromatic heterocycles. The fourth-order valence-corrected chi connectivity index (χ4v) is 1.62. The third kappa shape index (κ3) is 4.65. The highest BCUT2D eigenvalue weighted by atomic mass is 16.5. The summed E-state index contributed by atoms with van der Waals surface area (Å²) in [5.41, 5.74) is 9.18. The molecule has 0 aliphatic heterocycles. The van der Waals surface area contributed by atoms with Crippen molar-refractivity contribution < 1.29 is 4.74 Å². The molecule has 0 fully saturated rings. The minimum Gasteiger partial charge on any atom is -0.397 e. The molecule has 1 aromatic carbocycles. The highest BCUT2D eigenvalue weighted by Crippen LogP contribution is 2.24. The van der Waals surface area contributed by atoms with Crippen LogP contribution in [0.1, 0.15) is 25.8 Å². The Hall–Kier alpha value is -1.22. The van der Waals surface area contributed by atoms with E-state index in [1.54, 1.807) is 7.11 Å². The van der Waals surface area contributed by atoms with E-state index in [9.17, 15) is 0 Å². The van der Waals surface area contributed by atoms with Crippen molar-refractivity contribution in [1.82, 2.24) is 0 Å². The molecular weight excluding hydrogens is 212 g/mol. The molecule has 0 atom stereocenters. The molecule has 0 unspecified atom stereocenters. The van der Waals surface area contributed by atoms with Crippen molar-refractivity contribution in [3.63, 3.8) is 0 Å². The second-order valence-corrected chi connectivity index (χ2v) is 5.35. The summed E-state index contributed by atoms with van der Waals surface area (Å²) in [5, 5.41) is 3.42. The summed E-state index contributed by atoms with van der Waals surface area (Å²) in [6, 6.07) is 6.05. The average molecular weight is 236 g/mol. The van der Waals surface area contributed by atoms with E-state index in [1.807, 2.05) is 12.1 Å². The molecule has 0 saturated carbocycles. The zero-order valence-corrected chi connectivity index (χ0v) is 11.3. The lowest BCUT2D eigenvalue weighted by Crippen LogP contribution is -2.25. The molecule has 0 heterocycles. The summed E-state index contributed by atoms with van der Waals surface area (Å²) in [5.74, 6) is 0. The van der Waals surface area contributed by atoms with E-state index in [4.69, 9.17) is 10.5 Å². The first-order chi connectivity index (χ1) is 7.94. The lowest BCUT2D eigenvalue weighted by atomic mass is 9.89. The first-order valence-electron chi connectivity index (χ1n) is 6.03. The van der Waals surface area contributed by atoms with Gasteiger partial charge >= 0.3 is 0 Å². The van der Waals surface area contributed by atoms with Crippen molar-refractivity contribution >= 4 is 11.4 Å². The average Bonchev–Trinajstić information content (AvgIpc) is 2.28. The molecule has 1 aromatic rings. The van der Waals surface area contributed by atoms with Crippen LogP contribution in [-0.4, -0.2) is 20.3 Å². The number of anilines is 2. The van der Waals surface area contributed by atoms with Gasteiger partial charge in [-0.1, -0.05) is 19.9 Å². The zero-order chi connectivity index (χ0) is 12.9. The van der Waals surface area contributed by atoms with E-state index in [0.717, 1.165) is 30.9 Å². The quantitative estimate of drug-likeness (QED) is 0.746. The van der Waals surface area contributed by atoms with E-state index in [1.165, 1.54) is 5.56 Å². The number of rotatable bonds is 6. The predicted molar refractivity (Wildman–Crippen MR) is 74.4 cm³/mol. The van der Waals surface area contributed by atoms with Gasteiger partial charge in [-0.25, -0.2) is 0 Å². The van der Waals surface area contributed by atoms with Crippen molar-refractivity contribution in [3.05, 3.63) is 23.8 Å². The van der Waals surface area contributed by atoms with E-state index in [0.29, 0.717) is 0 Å². The van der Waals surface area contributed by atoms with Crippen LogP contribution >= 0.6 is 0 Å². The summed E-state index contributed by atoms with van der Waals surface area (Å²) < 4.78 is 5.12. The van der Waals surface area contributed by atoms with Crippen molar-refractivity contribution in [1.29, 1.82) is 0 Å². The number of ether oxygens (including phenoxy) is 1. The van der Waals surface area contributed by atoms with Gasteiger partial charge in [-0.3, -0.25) is 0 Å². The Morgan fingerprint density at radius 2 is 2.06 bits per heavy atom. The van der Waals surface area contributed by atoms with Crippen LogP contribution in [0.5, 0.6) is 0 Å². The molecular formula is C14H24N2O. The zero-order valence-electron chi connectivity index (χ0n) is 11.3. The molecule has 96 valence electrons. The maximum absolute atomic E-state index is 5.93. The van der Waals surface area contributed by atoms with Gasteiger partial charge in [0.05, 0.1) is 11.4 Å². The van der Waals surface area contributed by atoms with Crippen LogP contribution in [0.2, 0.25) is 0 Å². The molecule has 3 nitrogen and oxygen atoms in total. The maximum atomic E-state index is 5.93. The molecule has 17 heavy (non-hydrogen) atoms. The van der Waals surface area contributed by atoms with Gasteiger partial charge in [0.2, 0.25) is 0 Å². The summed E-state index contributed by atoms with van der Waals surface area (Å²) in [6.07, 6.45) is 1.03. The van der Waals surface area contributed by atoms with E-state index in [-0.39, 0.29) is 5.41 Å². The fourth-order valence-electron chi connectivity index (χ4n) is 1.62. The van der Waals surface area contributed by atoms with Crippen LogP contribution in [0.3, 0.4) is 0 Å². The third-order valence-electron chi connectivity index (χ3n) is 2.95. The number of nitrogens with two attached hydrogens (primary N) is 1. The highest BCUT2D eigenvalue weighted by molar-refractivity contribution is 5.66. The Balaban J connectivity index is 2.57. The van der Waals surface area contributed by atoms with Gasteiger partial charge in [0, 0.05) is 20.3 Å². The van der Waals surface area contributed by atoms with Gasteiger partial charge in [-0.05, 0) is 36.5 Å². The Morgan fingerprint density at radius 1 is 1.35 bits per heavy atom. The van der Waals surface area contributed by atoms with Gasteiger partial charge < -0.3 is 15.8 Å². The largest absolute Gasteiger partial charge is 0.397 e. The first kappa shape index (κ1) is 13.8. The second-order valence-electron chi connectivity index (χ2n) is 5.35. The van der Waals surface area contributed by atoms with Gasteiger partial charge in [0.1, 0.15) is 0 Å². The lowest BCUT2D eigenvalue weighted by Gasteiger charge is -2.25. The van der Waals surface area contributed by atoms with E-state index >= 15 is 0 Å². The van der Waals surface area contributed by atoms with Gasteiger partial charge in [-0.2, -0.15) is 0 Å². The maximum Gasteiger partial charge on any atom is 0.0576 e.